The van der Waals surface area contributed by atoms with E-state index in [0.717, 1.165) is 0 Å². The van der Waals surface area contributed by atoms with Gasteiger partial charge in [0.2, 0.25) is 17.7 Å². The number of rotatable bonds is 14. The molecular formula is C21H33N5O7. The summed E-state index contributed by atoms with van der Waals surface area (Å²) in [5.74, 6) is -3.37. The van der Waals surface area contributed by atoms with Gasteiger partial charge in [-0.1, -0.05) is 12.1 Å². The van der Waals surface area contributed by atoms with E-state index in [1.807, 2.05) is 0 Å². The summed E-state index contributed by atoms with van der Waals surface area (Å²) in [5.41, 5.74) is 11.7. The van der Waals surface area contributed by atoms with Crippen LogP contribution in [0.15, 0.2) is 24.3 Å². The first-order valence-corrected chi connectivity index (χ1v) is 10.6. The second-order valence-corrected chi connectivity index (χ2v) is 7.66. The highest BCUT2D eigenvalue weighted by Crippen LogP contribution is 2.12. The number of unbranched alkanes of at least 4 members (excludes halogenated alkanes) is 1. The summed E-state index contributed by atoms with van der Waals surface area (Å²) in [7, 11) is 0. The number of carbonyl (C=O) groups excluding carboxylic acids is 3. The molecule has 0 saturated carbocycles. The van der Waals surface area contributed by atoms with Crippen LogP contribution in [0.1, 0.15) is 31.7 Å². The quantitative estimate of drug-likeness (QED) is 0.141. The number of hydrogen-bond donors (Lipinski definition) is 8. The molecule has 4 atom stereocenters. The Kier molecular flexibility index (Phi) is 11.8. The number of nitrogens with two attached hydrogens (primary N) is 2. The zero-order valence-electron chi connectivity index (χ0n) is 18.5. The number of nitrogens with one attached hydrogen (secondary N) is 3. The smallest absolute Gasteiger partial charge is 0.322 e. The molecule has 4 unspecified atom stereocenters. The van der Waals surface area contributed by atoms with E-state index in [2.05, 4.69) is 16.0 Å². The van der Waals surface area contributed by atoms with Crippen molar-refractivity contribution in [1.82, 2.24) is 16.0 Å². The lowest BCUT2D eigenvalue weighted by atomic mass is 10.0. The predicted molar refractivity (Wildman–Crippen MR) is 119 cm³/mol. The van der Waals surface area contributed by atoms with Crippen molar-refractivity contribution < 1.29 is 34.5 Å². The fourth-order valence-corrected chi connectivity index (χ4v) is 2.88. The normalized spacial score (nSPS) is 14.4. The summed E-state index contributed by atoms with van der Waals surface area (Å²) in [5, 5.41) is 35.1. The van der Waals surface area contributed by atoms with Gasteiger partial charge in [-0.25, -0.2) is 0 Å². The number of carbonyl (C=O) groups is 4. The van der Waals surface area contributed by atoms with Crippen LogP contribution < -0.4 is 27.4 Å². The van der Waals surface area contributed by atoms with Gasteiger partial charge in [-0.15, -0.1) is 0 Å². The van der Waals surface area contributed by atoms with E-state index in [1.165, 1.54) is 19.1 Å². The number of carboxylic acid groups (broad SMARTS) is 1. The van der Waals surface area contributed by atoms with E-state index < -0.39 is 54.5 Å². The Labute approximate surface area is 191 Å². The average molecular weight is 468 g/mol. The van der Waals surface area contributed by atoms with Gasteiger partial charge in [0, 0.05) is 6.42 Å². The van der Waals surface area contributed by atoms with Crippen LogP contribution in [0.2, 0.25) is 0 Å². The molecule has 0 aliphatic heterocycles. The Bertz CT molecular complexity index is 801. The van der Waals surface area contributed by atoms with Gasteiger partial charge in [0.05, 0.1) is 6.10 Å². The van der Waals surface area contributed by atoms with Crippen LogP contribution in [0.25, 0.3) is 0 Å². The summed E-state index contributed by atoms with van der Waals surface area (Å²) in [6.45, 7) is 1.09. The molecule has 1 aromatic rings. The maximum atomic E-state index is 13.0. The number of aliphatic carboxylic acids is 1. The van der Waals surface area contributed by atoms with Crippen LogP contribution in [0, 0.1) is 0 Å². The van der Waals surface area contributed by atoms with Gasteiger partial charge in [0.15, 0.2) is 0 Å². The molecule has 0 aliphatic carbocycles. The monoisotopic (exact) mass is 467 g/mol. The number of phenols is 1. The number of amides is 3. The molecule has 12 nitrogen and oxygen atoms in total. The van der Waals surface area contributed by atoms with E-state index in [1.54, 1.807) is 12.1 Å². The molecular weight excluding hydrogens is 434 g/mol. The molecule has 0 aromatic heterocycles. The van der Waals surface area contributed by atoms with Gasteiger partial charge >= 0.3 is 5.97 Å². The highest BCUT2D eigenvalue weighted by Gasteiger charge is 2.29. The van der Waals surface area contributed by atoms with Gasteiger partial charge in [0.25, 0.3) is 0 Å². The number of carboxylic acids is 1. The first-order valence-electron chi connectivity index (χ1n) is 10.6. The largest absolute Gasteiger partial charge is 0.508 e. The number of benzene rings is 1. The number of aromatic hydroxyl groups is 1. The summed E-state index contributed by atoms with van der Waals surface area (Å²) in [4.78, 5) is 48.6. The van der Waals surface area contributed by atoms with Crippen molar-refractivity contribution in [1.29, 1.82) is 0 Å². The summed E-state index contributed by atoms with van der Waals surface area (Å²) in [6, 6.07) is 2.49. The van der Waals surface area contributed by atoms with Crippen molar-refractivity contribution in [2.24, 2.45) is 11.5 Å². The van der Waals surface area contributed by atoms with Crippen molar-refractivity contribution in [2.45, 2.75) is 56.8 Å². The Balaban J connectivity index is 3.01. The van der Waals surface area contributed by atoms with E-state index >= 15 is 0 Å². The van der Waals surface area contributed by atoms with Crippen molar-refractivity contribution in [3.05, 3.63) is 29.8 Å². The van der Waals surface area contributed by atoms with E-state index in [4.69, 9.17) is 16.6 Å². The molecule has 0 saturated heterocycles. The molecule has 10 N–H and O–H groups in total. The first kappa shape index (κ1) is 27.8. The van der Waals surface area contributed by atoms with Crippen molar-refractivity contribution in [2.75, 3.05) is 13.1 Å². The van der Waals surface area contributed by atoms with Crippen molar-refractivity contribution in [3.8, 4) is 5.75 Å². The highest BCUT2D eigenvalue weighted by molar-refractivity contribution is 5.93. The maximum absolute atomic E-state index is 13.0. The Morgan fingerprint density at radius 2 is 1.58 bits per heavy atom. The van der Waals surface area contributed by atoms with E-state index in [0.29, 0.717) is 24.9 Å². The Hall–Kier alpha value is -3.22. The zero-order chi connectivity index (χ0) is 25.0. The van der Waals surface area contributed by atoms with E-state index in [-0.39, 0.29) is 18.6 Å². The standard InChI is InChI=1S/C21H33N5O7/c1-12(27)18(23)21(33)25-15(4-2-3-9-22)20(32)26-16(19(31)24-11-17(29)30)10-13-5-7-14(28)8-6-13/h5-8,12,15-16,18,27-28H,2-4,9-11,22-23H2,1H3,(H,24,31)(H,25,33)(H,26,32)(H,29,30). The van der Waals surface area contributed by atoms with Gasteiger partial charge < -0.3 is 42.7 Å². The van der Waals surface area contributed by atoms with Crippen LogP contribution >= 0.6 is 0 Å². The Morgan fingerprint density at radius 1 is 0.970 bits per heavy atom. The molecule has 0 radical (unpaired) electrons. The highest BCUT2D eigenvalue weighted by atomic mass is 16.4. The third kappa shape index (κ3) is 10.3. The molecule has 0 aliphatic rings. The van der Waals surface area contributed by atoms with Crippen LogP contribution in [0.4, 0.5) is 0 Å². The molecule has 33 heavy (non-hydrogen) atoms. The minimum absolute atomic E-state index is 0.00806. The molecule has 3 amide bonds. The minimum Gasteiger partial charge on any atom is -0.508 e. The molecule has 0 bridgehead atoms. The van der Waals surface area contributed by atoms with Crippen molar-refractivity contribution >= 4 is 23.7 Å². The van der Waals surface area contributed by atoms with Crippen LogP contribution in [0.5, 0.6) is 5.75 Å². The fraction of sp³-hybridized carbons (Fsp3) is 0.524. The summed E-state index contributed by atoms with van der Waals surface area (Å²) < 4.78 is 0. The topological polar surface area (TPSA) is 217 Å². The lowest BCUT2D eigenvalue weighted by Crippen LogP contribution is -2.57. The van der Waals surface area contributed by atoms with Crippen molar-refractivity contribution in [3.63, 3.8) is 0 Å². The second-order valence-electron chi connectivity index (χ2n) is 7.66. The molecule has 1 rings (SSSR count). The van der Waals surface area contributed by atoms with Gasteiger partial charge in [-0.2, -0.15) is 0 Å². The fourth-order valence-electron chi connectivity index (χ4n) is 2.88. The van der Waals surface area contributed by atoms with Gasteiger partial charge in [-0.3, -0.25) is 19.2 Å². The first-order chi connectivity index (χ1) is 15.5. The van der Waals surface area contributed by atoms with Crippen LogP contribution in [-0.2, 0) is 25.6 Å². The average Bonchev–Trinajstić information content (AvgIpc) is 2.76. The second kappa shape index (κ2) is 14.0. The lowest BCUT2D eigenvalue weighted by Gasteiger charge is -2.25. The number of phenolic OH excluding ortho intramolecular Hbond substituents is 1. The number of hydrogen-bond acceptors (Lipinski definition) is 8. The summed E-state index contributed by atoms with van der Waals surface area (Å²) >= 11 is 0. The predicted octanol–water partition coefficient (Wildman–Crippen LogP) is -2.06. The number of aliphatic hydroxyl groups excluding tert-OH is 1. The third-order valence-electron chi connectivity index (χ3n) is 4.83. The SMILES string of the molecule is CC(O)C(N)C(=O)NC(CCCCN)C(=O)NC(Cc1ccc(O)cc1)C(=O)NCC(=O)O. The molecule has 0 spiro atoms. The third-order valence-corrected chi connectivity index (χ3v) is 4.83. The molecule has 184 valence electrons. The Morgan fingerprint density at radius 3 is 2.12 bits per heavy atom. The number of aliphatic hydroxyl groups is 1. The van der Waals surface area contributed by atoms with Crippen LogP contribution in [0.3, 0.4) is 0 Å². The molecule has 1 aromatic carbocycles. The maximum Gasteiger partial charge on any atom is 0.322 e. The minimum atomic E-state index is -1.25. The summed E-state index contributed by atoms with van der Waals surface area (Å²) in [6.07, 6.45) is 0.185. The van der Waals surface area contributed by atoms with Gasteiger partial charge in [-0.05, 0) is 50.4 Å². The zero-order valence-corrected chi connectivity index (χ0v) is 18.5. The molecule has 12 heteroatoms. The van der Waals surface area contributed by atoms with Gasteiger partial charge in [0.1, 0.15) is 30.4 Å². The lowest BCUT2D eigenvalue weighted by molar-refractivity contribution is -0.138. The van der Waals surface area contributed by atoms with E-state index in [9.17, 15) is 29.4 Å². The van der Waals surface area contributed by atoms with Crippen LogP contribution in [-0.4, -0.2) is 76.3 Å². The molecule has 0 fully saturated rings. The molecule has 0 heterocycles.